The number of carbonyl (C=O) groups excluding carboxylic acids is 1. The molecule has 0 aromatic heterocycles. The van der Waals surface area contributed by atoms with Crippen molar-refractivity contribution in [1.29, 1.82) is 0 Å². The number of benzene rings is 2. The van der Waals surface area contributed by atoms with Gasteiger partial charge >= 0.3 is 12.3 Å². The van der Waals surface area contributed by atoms with E-state index in [1.807, 2.05) is 5.01 Å². The highest BCUT2D eigenvalue weighted by atomic mass is 19.4. The van der Waals surface area contributed by atoms with Crippen molar-refractivity contribution in [3.63, 3.8) is 0 Å². The molecular formula is C26H31F3N2O4. The fraction of sp³-hybridized carbons (Fsp3) is 0.462. The summed E-state index contributed by atoms with van der Waals surface area (Å²) in [7, 11) is 0. The van der Waals surface area contributed by atoms with Gasteiger partial charge in [-0.1, -0.05) is 32.9 Å². The van der Waals surface area contributed by atoms with Gasteiger partial charge in [-0.3, -0.25) is 10.2 Å². The summed E-state index contributed by atoms with van der Waals surface area (Å²) < 4.78 is 41.1. The van der Waals surface area contributed by atoms with Crippen LogP contribution in [0.3, 0.4) is 0 Å². The Morgan fingerprint density at radius 2 is 1.49 bits per heavy atom. The van der Waals surface area contributed by atoms with Gasteiger partial charge in [0.25, 0.3) is 5.91 Å². The SMILES string of the molecule is CC(C)(C)C1CCC(N(Cc2ccc(C(=O)O)cc2)NC(=O)c2ccc(OC(F)(F)F)cc2)CC1. The van der Waals surface area contributed by atoms with Crippen LogP contribution in [-0.4, -0.2) is 34.4 Å². The quantitative estimate of drug-likeness (QED) is 0.461. The third kappa shape index (κ3) is 7.71. The number of rotatable bonds is 7. The highest BCUT2D eigenvalue weighted by Gasteiger charge is 2.33. The number of halogens is 3. The summed E-state index contributed by atoms with van der Waals surface area (Å²) in [6, 6.07) is 11.3. The van der Waals surface area contributed by atoms with Gasteiger partial charge in [0, 0.05) is 18.2 Å². The minimum absolute atomic E-state index is 0.0736. The summed E-state index contributed by atoms with van der Waals surface area (Å²) in [5, 5.41) is 11.0. The van der Waals surface area contributed by atoms with Gasteiger partial charge < -0.3 is 9.84 Å². The number of carboxylic acid groups (broad SMARTS) is 1. The number of carboxylic acids is 1. The number of hydrazine groups is 1. The Hall–Kier alpha value is -3.07. The van der Waals surface area contributed by atoms with E-state index in [1.54, 1.807) is 12.1 Å². The molecule has 2 aromatic carbocycles. The van der Waals surface area contributed by atoms with Crippen LogP contribution in [0.1, 0.15) is 72.7 Å². The van der Waals surface area contributed by atoms with Crippen molar-refractivity contribution in [2.75, 3.05) is 0 Å². The van der Waals surface area contributed by atoms with Gasteiger partial charge in [0.2, 0.25) is 0 Å². The molecule has 1 saturated carbocycles. The first-order valence-electron chi connectivity index (χ1n) is 11.6. The van der Waals surface area contributed by atoms with Crippen LogP contribution in [0, 0.1) is 11.3 Å². The van der Waals surface area contributed by atoms with Gasteiger partial charge in [0.05, 0.1) is 5.56 Å². The topological polar surface area (TPSA) is 78.9 Å². The van der Waals surface area contributed by atoms with Crippen LogP contribution in [0.25, 0.3) is 0 Å². The number of alkyl halides is 3. The molecule has 1 fully saturated rings. The zero-order valence-electron chi connectivity index (χ0n) is 20.1. The van der Waals surface area contributed by atoms with Crippen LogP contribution in [0.5, 0.6) is 5.75 Å². The number of aromatic carboxylic acids is 1. The molecule has 2 aromatic rings. The first-order chi connectivity index (χ1) is 16.3. The lowest BCUT2D eigenvalue weighted by molar-refractivity contribution is -0.274. The molecule has 2 N–H and O–H groups in total. The summed E-state index contributed by atoms with van der Waals surface area (Å²) in [5.41, 5.74) is 4.34. The van der Waals surface area contributed by atoms with Crippen LogP contribution in [0.2, 0.25) is 0 Å². The Kier molecular flexibility index (Phi) is 8.10. The molecule has 1 aliphatic rings. The average Bonchev–Trinajstić information content (AvgIpc) is 2.78. The van der Waals surface area contributed by atoms with Gasteiger partial charge in [-0.25, -0.2) is 9.80 Å². The molecule has 0 aliphatic heterocycles. The predicted molar refractivity (Wildman–Crippen MR) is 125 cm³/mol. The molecule has 35 heavy (non-hydrogen) atoms. The molecule has 3 rings (SSSR count). The highest BCUT2D eigenvalue weighted by molar-refractivity contribution is 5.94. The second-order valence-electron chi connectivity index (χ2n) is 10.0. The summed E-state index contributed by atoms with van der Waals surface area (Å²) >= 11 is 0. The van der Waals surface area contributed by atoms with Crippen molar-refractivity contribution < 1.29 is 32.6 Å². The van der Waals surface area contributed by atoms with Crippen molar-refractivity contribution in [3.8, 4) is 5.75 Å². The number of carbonyl (C=O) groups is 2. The second-order valence-corrected chi connectivity index (χ2v) is 10.0. The Labute approximate surface area is 203 Å². The second kappa shape index (κ2) is 10.7. The smallest absolute Gasteiger partial charge is 0.478 e. The minimum Gasteiger partial charge on any atom is -0.478 e. The molecule has 0 bridgehead atoms. The summed E-state index contributed by atoms with van der Waals surface area (Å²) in [6.07, 6.45) is -1.01. The molecule has 0 heterocycles. The normalized spacial score (nSPS) is 18.8. The Morgan fingerprint density at radius 1 is 0.943 bits per heavy atom. The standard InChI is InChI=1S/C26H31F3N2O4/c1-25(2,3)20-10-12-21(13-11-20)31(16-17-4-6-19(7-5-17)24(33)34)30-23(32)18-8-14-22(15-9-18)35-26(27,28)29/h4-9,14-15,20-21H,10-13,16H2,1-3H3,(H,30,32)(H,33,34). The van der Waals surface area contributed by atoms with Crippen molar-refractivity contribution in [1.82, 2.24) is 10.4 Å². The number of nitrogens with one attached hydrogen (secondary N) is 1. The molecule has 1 amide bonds. The molecule has 0 spiro atoms. The fourth-order valence-corrected chi connectivity index (χ4v) is 4.47. The number of nitrogens with zero attached hydrogens (tertiary/aromatic N) is 1. The van der Waals surface area contributed by atoms with Gasteiger partial charge in [0.1, 0.15) is 5.75 Å². The molecule has 6 nitrogen and oxygen atoms in total. The summed E-state index contributed by atoms with van der Waals surface area (Å²) in [4.78, 5) is 24.1. The largest absolute Gasteiger partial charge is 0.573 e. The van der Waals surface area contributed by atoms with E-state index >= 15 is 0 Å². The lowest BCUT2D eigenvalue weighted by atomic mass is 9.71. The summed E-state index contributed by atoms with van der Waals surface area (Å²) in [5.74, 6) is -1.28. The van der Waals surface area contributed by atoms with Crippen molar-refractivity contribution in [3.05, 3.63) is 65.2 Å². The van der Waals surface area contributed by atoms with E-state index in [0.29, 0.717) is 12.5 Å². The monoisotopic (exact) mass is 492 g/mol. The Morgan fingerprint density at radius 3 is 1.97 bits per heavy atom. The van der Waals surface area contributed by atoms with E-state index in [2.05, 4.69) is 30.9 Å². The van der Waals surface area contributed by atoms with Crippen molar-refractivity contribution in [2.24, 2.45) is 11.3 Å². The first kappa shape index (κ1) is 26.5. The molecule has 0 radical (unpaired) electrons. The van der Waals surface area contributed by atoms with Gasteiger partial charge in [-0.15, -0.1) is 13.2 Å². The van der Waals surface area contributed by atoms with Crippen LogP contribution in [-0.2, 0) is 6.54 Å². The molecular weight excluding hydrogens is 461 g/mol. The maximum absolute atomic E-state index is 13.0. The fourth-order valence-electron chi connectivity index (χ4n) is 4.47. The summed E-state index contributed by atoms with van der Waals surface area (Å²) in [6.45, 7) is 7.06. The van der Waals surface area contributed by atoms with Crippen LogP contribution >= 0.6 is 0 Å². The molecule has 9 heteroatoms. The van der Waals surface area contributed by atoms with Crippen LogP contribution in [0.4, 0.5) is 13.2 Å². The van der Waals surface area contributed by atoms with Crippen LogP contribution in [0.15, 0.2) is 48.5 Å². The maximum atomic E-state index is 13.0. The number of ether oxygens (including phenoxy) is 1. The Balaban J connectivity index is 1.74. The zero-order chi connectivity index (χ0) is 25.8. The van der Waals surface area contributed by atoms with E-state index in [0.717, 1.165) is 43.4 Å². The van der Waals surface area contributed by atoms with E-state index < -0.39 is 24.0 Å². The molecule has 0 saturated heterocycles. The number of hydrogen-bond donors (Lipinski definition) is 2. The minimum atomic E-state index is -4.80. The first-order valence-corrected chi connectivity index (χ1v) is 11.6. The third-order valence-corrected chi connectivity index (χ3v) is 6.51. The molecule has 0 unspecified atom stereocenters. The number of hydrogen-bond acceptors (Lipinski definition) is 4. The lowest BCUT2D eigenvalue weighted by Crippen LogP contribution is -2.49. The number of amides is 1. The third-order valence-electron chi connectivity index (χ3n) is 6.51. The highest BCUT2D eigenvalue weighted by Crippen LogP contribution is 2.39. The molecule has 190 valence electrons. The average molecular weight is 493 g/mol. The van der Waals surface area contributed by atoms with E-state index in [9.17, 15) is 22.8 Å². The maximum Gasteiger partial charge on any atom is 0.573 e. The van der Waals surface area contributed by atoms with Gasteiger partial charge in [-0.2, -0.15) is 0 Å². The van der Waals surface area contributed by atoms with Gasteiger partial charge in [-0.05, 0) is 79.0 Å². The Bertz CT molecular complexity index is 1010. The van der Waals surface area contributed by atoms with E-state index in [1.165, 1.54) is 24.3 Å². The molecule has 0 atom stereocenters. The van der Waals surface area contributed by atoms with E-state index in [-0.39, 0.29) is 22.6 Å². The molecule has 1 aliphatic carbocycles. The predicted octanol–water partition coefficient (Wildman–Crippen LogP) is 6.04. The van der Waals surface area contributed by atoms with Gasteiger partial charge in [0.15, 0.2) is 0 Å². The zero-order valence-corrected chi connectivity index (χ0v) is 20.1. The van der Waals surface area contributed by atoms with Crippen LogP contribution < -0.4 is 10.2 Å². The van der Waals surface area contributed by atoms with Crippen molar-refractivity contribution >= 4 is 11.9 Å². The lowest BCUT2D eigenvalue weighted by Gasteiger charge is -2.41. The van der Waals surface area contributed by atoms with Crippen molar-refractivity contribution in [2.45, 2.75) is 65.4 Å². The van der Waals surface area contributed by atoms with E-state index in [4.69, 9.17) is 5.11 Å².